The summed E-state index contributed by atoms with van der Waals surface area (Å²) in [5, 5.41) is 8.86. The number of nitrogens with one attached hydrogen (secondary N) is 1. The highest BCUT2D eigenvalue weighted by Crippen LogP contribution is 2.27. The second kappa shape index (κ2) is 9.28. The Morgan fingerprint density at radius 1 is 0.844 bits per heavy atom. The Labute approximate surface area is 190 Å². The number of nitrogens with zero attached hydrogens (tertiary/aromatic N) is 3. The van der Waals surface area contributed by atoms with Crippen LogP contribution in [-0.2, 0) is 10.0 Å². The molecule has 1 fully saturated rings. The first-order chi connectivity index (χ1) is 15.3. The topological polar surface area (TPSA) is 75.2 Å². The van der Waals surface area contributed by atoms with Crippen molar-refractivity contribution in [3.05, 3.63) is 65.2 Å². The minimum atomic E-state index is -3.71. The zero-order valence-electron chi connectivity index (χ0n) is 18.9. The molecule has 1 aliphatic heterocycles. The summed E-state index contributed by atoms with van der Waals surface area (Å²) in [5.74, 6) is 0.901. The zero-order chi connectivity index (χ0) is 22.7. The van der Waals surface area contributed by atoms with E-state index < -0.39 is 10.0 Å². The Morgan fingerprint density at radius 3 is 2.16 bits per heavy atom. The van der Waals surface area contributed by atoms with Crippen molar-refractivity contribution in [1.29, 1.82) is 0 Å². The Bertz CT molecular complexity index is 1180. The standard InChI is InChI=1S/C25H30N4O2S/c1-18-15-19(2)25(20(3)16-18)32(30,31)28-22-10-8-9-21(17-22)23-11-12-24(27-26-23)29-13-6-4-5-7-14-29/h8-12,15-17,28H,4-7,13-14H2,1-3H3. The van der Waals surface area contributed by atoms with Gasteiger partial charge in [0.25, 0.3) is 10.0 Å². The van der Waals surface area contributed by atoms with Crippen LogP contribution >= 0.6 is 0 Å². The maximum atomic E-state index is 13.1. The predicted molar refractivity (Wildman–Crippen MR) is 130 cm³/mol. The van der Waals surface area contributed by atoms with E-state index in [1.54, 1.807) is 12.1 Å². The van der Waals surface area contributed by atoms with E-state index in [4.69, 9.17) is 0 Å². The average Bonchev–Trinajstić information content (AvgIpc) is 3.02. The first-order valence-corrected chi connectivity index (χ1v) is 12.6. The van der Waals surface area contributed by atoms with Crippen molar-refractivity contribution in [3.63, 3.8) is 0 Å². The monoisotopic (exact) mass is 450 g/mol. The number of aromatic nitrogens is 2. The van der Waals surface area contributed by atoms with Crippen molar-refractivity contribution < 1.29 is 8.42 Å². The van der Waals surface area contributed by atoms with E-state index in [0.29, 0.717) is 16.3 Å². The largest absolute Gasteiger partial charge is 0.355 e. The molecular weight excluding hydrogens is 420 g/mol. The van der Waals surface area contributed by atoms with Gasteiger partial charge < -0.3 is 4.90 Å². The first kappa shape index (κ1) is 22.3. The van der Waals surface area contributed by atoms with Gasteiger partial charge in [0.2, 0.25) is 0 Å². The lowest BCUT2D eigenvalue weighted by Crippen LogP contribution is -2.25. The van der Waals surface area contributed by atoms with Crippen LogP contribution in [0.15, 0.2) is 53.4 Å². The predicted octanol–water partition coefficient (Wildman–Crippen LogP) is 5.25. The highest BCUT2D eigenvalue weighted by Gasteiger charge is 2.20. The third kappa shape index (κ3) is 4.93. The smallest absolute Gasteiger partial charge is 0.262 e. The SMILES string of the molecule is Cc1cc(C)c(S(=O)(=O)Nc2cccc(-c3ccc(N4CCCCCC4)nn3)c2)c(C)c1. The number of hydrogen-bond donors (Lipinski definition) is 1. The number of rotatable bonds is 5. The number of sulfonamides is 1. The number of hydrogen-bond acceptors (Lipinski definition) is 5. The van der Waals surface area contributed by atoms with Gasteiger partial charge >= 0.3 is 0 Å². The second-order valence-electron chi connectivity index (χ2n) is 8.59. The fraction of sp³-hybridized carbons (Fsp3) is 0.360. The summed E-state index contributed by atoms with van der Waals surface area (Å²) in [6.07, 6.45) is 4.91. The molecule has 2 heterocycles. The fourth-order valence-corrected chi connectivity index (χ4v) is 5.99. The van der Waals surface area contributed by atoms with Crippen LogP contribution in [0.5, 0.6) is 0 Å². The van der Waals surface area contributed by atoms with Gasteiger partial charge in [0.1, 0.15) is 0 Å². The van der Waals surface area contributed by atoms with Crippen molar-refractivity contribution in [3.8, 4) is 11.3 Å². The molecule has 1 aliphatic rings. The summed E-state index contributed by atoms with van der Waals surface area (Å²) in [4.78, 5) is 2.62. The summed E-state index contributed by atoms with van der Waals surface area (Å²) in [6.45, 7) is 7.65. The highest BCUT2D eigenvalue weighted by atomic mass is 32.2. The summed E-state index contributed by atoms with van der Waals surface area (Å²) in [6, 6.07) is 15.0. The Balaban J connectivity index is 1.56. The van der Waals surface area contributed by atoms with Gasteiger partial charge in [0, 0.05) is 24.3 Å². The Kier molecular flexibility index (Phi) is 6.46. The third-order valence-corrected chi connectivity index (χ3v) is 7.55. The minimum absolute atomic E-state index is 0.329. The molecular formula is C25H30N4O2S. The van der Waals surface area contributed by atoms with E-state index in [2.05, 4.69) is 19.8 Å². The van der Waals surface area contributed by atoms with Crippen molar-refractivity contribution >= 4 is 21.5 Å². The lowest BCUT2D eigenvalue weighted by atomic mass is 10.1. The highest BCUT2D eigenvalue weighted by molar-refractivity contribution is 7.92. The molecule has 0 bridgehead atoms. The maximum absolute atomic E-state index is 13.1. The van der Waals surface area contributed by atoms with Gasteiger partial charge in [-0.15, -0.1) is 10.2 Å². The lowest BCUT2D eigenvalue weighted by Gasteiger charge is -2.20. The van der Waals surface area contributed by atoms with Crippen molar-refractivity contribution in [2.45, 2.75) is 51.3 Å². The van der Waals surface area contributed by atoms with Gasteiger partial charge in [-0.1, -0.05) is 42.7 Å². The first-order valence-electron chi connectivity index (χ1n) is 11.1. The molecule has 0 atom stereocenters. The van der Waals surface area contributed by atoms with Crippen LogP contribution in [0.4, 0.5) is 11.5 Å². The zero-order valence-corrected chi connectivity index (χ0v) is 19.7. The van der Waals surface area contributed by atoms with E-state index in [9.17, 15) is 8.42 Å². The van der Waals surface area contributed by atoms with E-state index in [-0.39, 0.29) is 0 Å². The summed E-state index contributed by atoms with van der Waals surface area (Å²) >= 11 is 0. The molecule has 6 nitrogen and oxygen atoms in total. The normalized spacial score (nSPS) is 14.8. The van der Waals surface area contributed by atoms with Gasteiger partial charge in [-0.25, -0.2) is 8.42 Å². The second-order valence-corrected chi connectivity index (χ2v) is 10.2. The molecule has 1 aromatic heterocycles. The van der Waals surface area contributed by atoms with E-state index in [1.165, 1.54) is 25.7 Å². The average molecular weight is 451 g/mol. The quantitative estimate of drug-likeness (QED) is 0.575. The van der Waals surface area contributed by atoms with Crippen LogP contribution < -0.4 is 9.62 Å². The Hall–Kier alpha value is -2.93. The van der Waals surface area contributed by atoms with Gasteiger partial charge in [0.05, 0.1) is 10.6 Å². The maximum Gasteiger partial charge on any atom is 0.262 e. The molecule has 0 unspecified atom stereocenters. The number of aryl methyl sites for hydroxylation is 3. The van der Waals surface area contributed by atoms with E-state index in [0.717, 1.165) is 41.2 Å². The van der Waals surface area contributed by atoms with Gasteiger partial charge in [-0.05, 0) is 69.0 Å². The Morgan fingerprint density at radius 2 is 1.53 bits per heavy atom. The molecule has 0 aliphatic carbocycles. The van der Waals surface area contributed by atoms with Crippen molar-refractivity contribution in [2.75, 3.05) is 22.7 Å². The van der Waals surface area contributed by atoms with Gasteiger partial charge in [-0.2, -0.15) is 0 Å². The molecule has 0 radical (unpaired) electrons. The van der Waals surface area contributed by atoms with Crippen LogP contribution in [0, 0.1) is 20.8 Å². The minimum Gasteiger partial charge on any atom is -0.355 e. The molecule has 1 N–H and O–H groups in total. The van der Waals surface area contributed by atoms with Gasteiger partial charge in [0.15, 0.2) is 5.82 Å². The molecule has 32 heavy (non-hydrogen) atoms. The molecule has 0 amide bonds. The lowest BCUT2D eigenvalue weighted by molar-refractivity contribution is 0.600. The van der Waals surface area contributed by atoms with Crippen LogP contribution in [-0.4, -0.2) is 31.7 Å². The van der Waals surface area contributed by atoms with Crippen LogP contribution in [0.2, 0.25) is 0 Å². The third-order valence-electron chi connectivity index (χ3n) is 5.86. The van der Waals surface area contributed by atoms with Crippen molar-refractivity contribution in [1.82, 2.24) is 10.2 Å². The molecule has 7 heteroatoms. The van der Waals surface area contributed by atoms with Crippen LogP contribution in [0.1, 0.15) is 42.4 Å². The molecule has 3 aromatic rings. The summed E-state index contributed by atoms with van der Waals surface area (Å²) in [5.41, 5.74) is 4.55. The van der Waals surface area contributed by atoms with E-state index >= 15 is 0 Å². The molecule has 4 rings (SSSR count). The van der Waals surface area contributed by atoms with Crippen LogP contribution in [0.25, 0.3) is 11.3 Å². The van der Waals surface area contributed by atoms with Crippen LogP contribution in [0.3, 0.4) is 0 Å². The molecule has 0 spiro atoms. The molecule has 168 valence electrons. The van der Waals surface area contributed by atoms with Gasteiger partial charge in [-0.3, -0.25) is 4.72 Å². The molecule has 2 aromatic carbocycles. The summed E-state index contributed by atoms with van der Waals surface area (Å²) in [7, 11) is -3.71. The molecule has 0 saturated carbocycles. The molecule has 1 saturated heterocycles. The fourth-order valence-electron chi connectivity index (χ4n) is 4.49. The number of anilines is 2. The summed E-state index contributed by atoms with van der Waals surface area (Å²) < 4.78 is 28.9. The number of benzene rings is 2. The van der Waals surface area contributed by atoms with Crippen molar-refractivity contribution in [2.24, 2.45) is 0 Å². The van der Waals surface area contributed by atoms with E-state index in [1.807, 2.05) is 57.2 Å².